The molecule has 1 heterocycles. The van der Waals surface area contributed by atoms with Crippen molar-refractivity contribution in [2.75, 3.05) is 6.61 Å². The Bertz CT molecular complexity index is 303. The summed E-state index contributed by atoms with van der Waals surface area (Å²) in [5.74, 6) is 0.907. The fraction of sp³-hybridized carbons (Fsp3) is 0.273. The summed E-state index contributed by atoms with van der Waals surface area (Å²) in [7, 11) is 0. The molecule has 1 saturated heterocycles. The van der Waals surface area contributed by atoms with Gasteiger partial charge in [0.2, 0.25) is 6.29 Å². The van der Waals surface area contributed by atoms with E-state index in [0.717, 1.165) is 17.7 Å². The predicted octanol–water partition coefficient (Wildman–Crippen LogP) is 2.15. The van der Waals surface area contributed by atoms with E-state index in [1.165, 1.54) is 0 Å². The molecule has 1 atom stereocenters. The molecule has 13 heavy (non-hydrogen) atoms. The SMILES string of the molecule is C=CCc1ccccc1OC1CO1. The summed E-state index contributed by atoms with van der Waals surface area (Å²) in [6, 6.07) is 7.96. The lowest BCUT2D eigenvalue weighted by Gasteiger charge is -2.06. The average molecular weight is 176 g/mol. The van der Waals surface area contributed by atoms with Crippen LogP contribution in [-0.2, 0) is 11.2 Å². The zero-order chi connectivity index (χ0) is 9.10. The van der Waals surface area contributed by atoms with Gasteiger partial charge in [-0.3, -0.25) is 0 Å². The Morgan fingerprint density at radius 3 is 3.00 bits per heavy atom. The van der Waals surface area contributed by atoms with Crippen LogP contribution in [0.25, 0.3) is 0 Å². The molecule has 0 saturated carbocycles. The number of allylic oxidation sites excluding steroid dienone is 1. The first kappa shape index (κ1) is 8.32. The largest absolute Gasteiger partial charge is 0.462 e. The Kier molecular flexibility index (Phi) is 2.32. The van der Waals surface area contributed by atoms with E-state index in [-0.39, 0.29) is 6.29 Å². The normalized spacial score (nSPS) is 19.5. The Morgan fingerprint density at radius 2 is 2.31 bits per heavy atom. The summed E-state index contributed by atoms with van der Waals surface area (Å²) in [6.07, 6.45) is 2.68. The number of ether oxygens (including phenoxy) is 2. The monoisotopic (exact) mass is 176 g/mol. The van der Waals surface area contributed by atoms with Crippen molar-refractivity contribution in [1.29, 1.82) is 0 Å². The van der Waals surface area contributed by atoms with Crippen molar-refractivity contribution in [2.24, 2.45) is 0 Å². The van der Waals surface area contributed by atoms with Gasteiger partial charge in [-0.2, -0.15) is 0 Å². The lowest BCUT2D eigenvalue weighted by Crippen LogP contribution is -2.00. The number of hydrogen-bond donors (Lipinski definition) is 0. The van der Waals surface area contributed by atoms with E-state index in [9.17, 15) is 0 Å². The molecule has 1 aromatic rings. The molecule has 1 aromatic carbocycles. The van der Waals surface area contributed by atoms with Crippen LogP contribution in [0, 0.1) is 0 Å². The van der Waals surface area contributed by atoms with Crippen LogP contribution < -0.4 is 4.74 Å². The molecule has 0 aliphatic carbocycles. The van der Waals surface area contributed by atoms with Gasteiger partial charge in [0.15, 0.2) is 0 Å². The van der Waals surface area contributed by atoms with Crippen molar-refractivity contribution in [3.8, 4) is 5.75 Å². The third-order valence-electron chi connectivity index (χ3n) is 1.90. The summed E-state index contributed by atoms with van der Waals surface area (Å²) in [5, 5.41) is 0. The van der Waals surface area contributed by atoms with Crippen LogP contribution in [0.5, 0.6) is 5.75 Å². The zero-order valence-electron chi connectivity index (χ0n) is 7.40. The van der Waals surface area contributed by atoms with E-state index in [0.29, 0.717) is 6.61 Å². The van der Waals surface area contributed by atoms with E-state index in [1.54, 1.807) is 0 Å². The highest BCUT2D eigenvalue weighted by Crippen LogP contribution is 2.23. The molecule has 2 rings (SSSR count). The van der Waals surface area contributed by atoms with E-state index >= 15 is 0 Å². The second-order valence-electron chi connectivity index (χ2n) is 2.98. The summed E-state index contributed by atoms with van der Waals surface area (Å²) < 4.78 is 10.5. The van der Waals surface area contributed by atoms with E-state index in [4.69, 9.17) is 9.47 Å². The Labute approximate surface area is 77.8 Å². The first-order chi connectivity index (χ1) is 6.40. The molecule has 2 heteroatoms. The van der Waals surface area contributed by atoms with Crippen molar-refractivity contribution in [3.63, 3.8) is 0 Å². The van der Waals surface area contributed by atoms with Crippen LogP contribution in [-0.4, -0.2) is 12.9 Å². The number of epoxide rings is 1. The van der Waals surface area contributed by atoms with Crippen LogP contribution in [0.3, 0.4) is 0 Å². The minimum Gasteiger partial charge on any atom is -0.462 e. The maximum atomic E-state index is 5.54. The number of hydrogen-bond acceptors (Lipinski definition) is 2. The fourth-order valence-electron chi connectivity index (χ4n) is 1.19. The summed E-state index contributed by atoms with van der Waals surface area (Å²) in [4.78, 5) is 0. The van der Waals surface area contributed by atoms with Crippen molar-refractivity contribution in [3.05, 3.63) is 42.5 Å². The molecule has 0 amide bonds. The lowest BCUT2D eigenvalue weighted by atomic mass is 10.1. The van der Waals surface area contributed by atoms with Crippen molar-refractivity contribution in [2.45, 2.75) is 12.7 Å². The second kappa shape index (κ2) is 3.62. The van der Waals surface area contributed by atoms with Gasteiger partial charge < -0.3 is 9.47 Å². The predicted molar refractivity (Wildman–Crippen MR) is 50.7 cm³/mol. The summed E-state index contributed by atoms with van der Waals surface area (Å²) >= 11 is 0. The maximum Gasteiger partial charge on any atom is 0.223 e. The van der Waals surface area contributed by atoms with Gasteiger partial charge in [0.05, 0.1) is 0 Å². The zero-order valence-corrected chi connectivity index (χ0v) is 7.40. The average Bonchev–Trinajstić information content (AvgIpc) is 2.93. The topological polar surface area (TPSA) is 21.8 Å². The van der Waals surface area contributed by atoms with Gasteiger partial charge in [-0.15, -0.1) is 6.58 Å². The molecule has 68 valence electrons. The quantitative estimate of drug-likeness (QED) is 0.518. The minimum atomic E-state index is -0.0223. The molecule has 1 aliphatic heterocycles. The highest BCUT2D eigenvalue weighted by Gasteiger charge is 2.25. The fourth-order valence-corrected chi connectivity index (χ4v) is 1.19. The molecular weight excluding hydrogens is 164 g/mol. The molecule has 1 unspecified atom stereocenters. The van der Waals surface area contributed by atoms with Crippen molar-refractivity contribution >= 4 is 0 Å². The molecule has 0 bridgehead atoms. The van der Waals surface area contributed by atoms with Crippen LogP contribution >= 0.6 is 0 Å². The Hall–Kier alpha value is -1.28. The van der Waals surface area contributed by atoms with Gasteiger partial charge in [0.25, 0.3) is 0 Å². The van der Waals surface area contributed by atoms with Gasteiger partial charge in [0, 0.05) is 0 Å². The lowest BCUT2D eigenvalue weighted by molar-refractivity contribution is 0.178. The van der Waals surface area contributed by atoms with Gasteiger partial charge >= 0.3 is 0 Å². The van der Waals surface area contributed by atoms with Gasteiger partial charge in [0.1, 0.15) is 12.4 Å². The number of rotatable bonds is 4. The molecule has 2 nitrogen and oxygen atoms in total. The van der Waals surface area contributed by atoms with Crippen LogP contribution in [0.2, 0.25) is 0 Å². The standard InChI is InChI=1S/C11H12O2/c1-2-5-9-6-3-4-7-10(9)13-11-8-12-11/h2-4,6-7,11H,1,5,8H2. The van der Waals surface area contributed by atoms with Crippen LogP contribution in [0.1, 0.15) is 5.56 Å². The summed E-state index contributed by atoms with van der Waals surface area (Å²) in [6.45, 7) is 4.42. The second-order valence-corrected chi connectivity index (χ2v) is 2.98. The molecular formula is C11H12O2. The molecule has 0 N–H and O–H groups in total. The first-order valence-corrected chi connectivity index (χ1v) is 4.37. The van der Waals surface area contributed by atoms with E-state index < -0.39 is 0 Å². The molecule has 1 fully saturated rings. The van der Waals surface area contributed by atoms with Gasteiger partial charge in [-0.05, 0) is 18.1 Å². The van der Waals surface area contributed by atoms with E-state index in [2.05, 4.69) is 6.58 Å². The Morgan fingerprint density at radius 1 is 1.54 bits per heavy atom. The molecule has 1 aliphatic rings. The highest BCUT2D eigenvalue weighted by molar-refractivity contribution is 5.34. The third-order valence-corrected chi connectivity index (χ3v) is 1.90. The summed E-state index contributed by atoms with van der Waals surface area (Å²) in [5.41, 5.74) is 1.16. The minimum absolute atomic E-state index is 0.0223. The first-order valence-electron chi connectivity index (χ1n) is 4.37. The van der Waals surface area contributed by atoms with Gasteiger partial charge in [-0.1, -0.05) is 24.3 Å². The number of para-hydroxylation sites is 1. The molecule has 0 spiro atoms. The van der Waals surface area contributed by atoms with E-state index in [1.807, 2.05) is 30.3 Å². The number of benzene rings is 1. The third kappa shape index (κ3) is 2.10. The maximum absolute atomic E-state index is 5.54. The van der Waals surface area contributed by atoms with Crippen LogP contribution in [0.15, 0.2) is 36.9 Å². The molecule has 0 radical (unpaired) electrons. The smallest absolute Gasteiger partial charge is 0.223 e. The molecule has 0 aromatic heterocycles. The van der Waals surface area contributed by atoms with Crippen molar-refractivity contribution in [1.82, 2.24) is 0 Å². The van der Waals surface area contributed by atoms with Crippen LogP contribution in [0.4, 0.5) is 0 Å². The van der Waals surface area contributed by atoms with Crippen molar-refractivity contribution < 1.29 is 9.47 Å². The highest BCUT2D eigenvalue weighted by atomic mass is 16.8. The van der Waals surface area contributed by atoms with Gasteiger partial charge in [-0.25, -0.2) is 0 Å². The Balaban J connectivity index is 2.14.